The molecule has 8 nitrogen and oxygen atoms in total. The predicted molar refractivity (Wildman–Crippen MR) is 155 cm³/mol. The number of aliphatic hydroxyl groups excluding tert-OH is 2. The van der Waals surface area contributed by atoms with Gasteiger partial charge in [0, 0.05) is 41.6 Å². The first-order chi connectivity index (χ1) is 19.5. The number of hydrogen-bond donors (Lipinski definition) is 3. The smallest absolute Gasteiger partial charge is 0.243 e. The van der Waals surface area contributed by atoms with Crippen molar-refractivity contribution in [2.24, 2.45) is 0 Å². The van der Waals surface area contributed by atoms with Crippen LogP contribution in [0.1, 0.15) is 41.1 Å². The average molecular weight is 581 g/mol. The molecular weight excluding hydrogens is 548 g/mol. The van der Waals surface area contributed by atoms with Gasteiger partial charge in [0.2, 0.25) is 10.0 Å². The maximum atomic E-state index is 13.1. The van der Waals surface area contributed by atoms with E-state index in [1.54, 1.807) is 36.2 Å². The van der Waals surface area contributed by atoms with Crippen molar-refractivity contribution in [3.63, 3.8) is 0 Å². The summed E-state index contributed by atoms with van der Waals surface area (Å²) < 4.78 is 41.5. The molecule has 0 saturated carbocycles. The lowest BCUT2D eigenvalue weighted by atomic mass is 10.0. The van der Waals surface area contributed by atoms with Gasteiger partial charge in [0.1, 0.15) is 4.90 Å². The monoisotopic (exact) mass is 580 g/mol. The average Bonchev–Trinajstić information content (AvgIpc) is 3.00. The van der Waals surface area contributed by atoms with Crippen LogP contribution >= 0.6 is 11.8 Å². The molecule has 3 unspecified atom stereocenters. The normalized spacial score (nSPS) is 19.6. The number of rotatable bonds is 11. The third kappa shape index (κ3) is 6.90. The largest absolute Gasteiger partial charge is 0.396 e. The van der Waals surface area contributed by atoms with E-state index in [0.717, 1.165) is 33.4 Å². The Morgan fingerprint density at radius 3 is 2.38 bits per heavy atom. The molecule has 10 heteroatoms. The summed E-state index contributed by atoms with van der Waals surface area (Å²) in [6.45, 7) is 0.226. The Bertz CT molecular complexity index is 1510. The molecule has 1 aromatic heterocycles. The van der Waals surface area contributed by atoms with Gasteiger partial charge in [0.15, 0.2) is 6.29 Å². The van der Waals surface area contributed by atoms with E-state index in [0.29, 0.717) is 17.7 Å². The second-order valence-electron chi connectivity index (χ2n) is 9.55. The molecule has 0 bridgehead atoms. The van der Waals surface area contributed by atoms with Crippen molar-refractivity contribution in [1.82, 2.24) is 9.71 Å². The molecule has 1 saturated heterocycles. The highest BCUT2D eigenvalue weighted by molar-refractivity contribution is 7.99. The molecule has 1 aliphatic heterocycles. The maximum absolute atomic E-state index is 13.1. The number of nitrogens with one attached hydrogen (secondary N) is 1. The Balaban J connectivity index is 1.28. The first-order valence-electron chi connectivity index (χ1n) is 13.1. The van der Waals surface area contributed by atoms with E-state index in [1.165, 1.54) is 0 Å². The highest BCUT2D eigenvalue weighted by atomic mass is 32.2. The summed E-state index contributed by atoms with van der Waals surface area (Å²) in [6, 6.07) is 23.9. The van der Waals surface area contributed by atoms with Crippen LogP contribution in [-0.4, -0.2) is 47.8 Å². The molecule has 2 heterocycles. The number of nitrogens with zero attached hydrogens (tertiary/aromatic N) is 1. The fourth-order valence-electron chi connectivity index (χ4n) is 4.64. The summed E-state index contributed by atoms with van der Waals surface area (Å²) in [5.74, 6) is 1.37. The lowest BCUT2D eigenvalue weighted by Crippen LogP contribution is -2.31. The van der Waals surface area contributed by atoms with Gasteiger partial charge in [-0.05, 0) is 28.8 Å². The highest BCUT2D eigenvalue weighted by Gasteiger charge is 2.32. The van der Waals surface area contributed by atoms with E-state index in [2.05, 4.69) is 9.71 Å². The van der Waals surface area contributed by atoms with Crippen LogP contribution < -0.4 is 4.72 Å². The summed E-state index contributed by atoms with van der Waals surface area (Å²) in [4.78, 5) is 4.41. The topological polar surface area (TPSA) is 118 Å². The van der Waals surface area contributed by atoms with E-state index >= 15 is 0 Å². The van der Waals surface area contributed by atoms with Gasteiger partial charge in [-0.25, -0.2) is 13.1 Å². The first-order valence-corrected chi connectivity index (χ1v) is 15.7. The van der Waals surface area contributed by atoms with E-state index in [4.69, 9.17) is 9.47 Å². The van der Waals surface area contributed by atoms with E-state index in [1.807, 2.05) is 60.7 Å². The molecular formula is C30H32N2O6S2. The minimum Gasteiger partial charge on any atom is -0.396 e. The summed E-state index contributed by atoms with van der Waals surface area (Å²) >= 11 is 1.64. The summed E-state index contributed by atoms with van der Waals surface area (Å²) in [5.41, 5.74) is 3.91. The molecule has 3 atom stereocenters. The lowest BCUT2D eigenvalue weighted by Gasteiger charge is -2.36. The second-order valence-corrected chi connectivity index (χ2v) is 12.4. The molecule has 0 amide bonds. The fourth-order valence-corrected chi connectivity index (χ4v) is 6.61. The third-order valence-electron chi connectivity index (χ3n) is 6.76. The van der Waals surface area contributed by atoms with Crippen LogP contribution in [-0.2, 0) is 32.6 Å². The zero-order valence-electron chi connectivity index (χ0n) is 21.8. The van der Waals surface area contributed by atoms with Crippen molar-refractivity contribution in [3.8, 4) is 0 Å². The Hall–Kier alpha value is -2.83. The van der Waals surface area contributed by atoms with Crippen LogP contribution in [0.3, 0.4) is 0 Å². The van der Waals surface area contributed by atoms with Crippen molar-refractivity contribution >= 4 is 32.7 Å². The molecule has 0 spiro atoms. The molecule has 40 heavy (non-hydrogen) atoms. The van der Waals surface area contributed by atoms with Crippen LogP contribution in [0.5, 0.6) is 0 Å². The maximum Gasteiger partial charge on any atom is 0.243 e. The molecule has 1 fully saturated rings. The number of sulfonamides is 1. The Morgan fingerprint density at radius 1 is 0.900 bits per heavy atom. The van der Waals surface area contributed by atoms with Gasteiger partial charge in [0.05, 0.1) is 30.9 Å². The number of thioether (sulfide) groups is 1. The van der Waals surface area contributed by atoms with Crippen molar-refractivity contribution < 1.29 is 28.1 Å². The lowest BCUT2D eigenvalue weighted by molar-refractivity contribution is -0.245. The van der Waals surface area contributed by atoms with E-state index in [9.17, 15) is 18.6 Å². The molecule has 1 aliphatic rings. The highest BCUT2D eigenvalue weighted by Crippen LogP contribution is 2.38. The van der Waals surface area contributed by atoms with Crippen LogP contribution in [0, 0.1) is 0 Å². The summed E-state index contributed by atoms with van der Waals surface area (Å²) in [7, 11) is -3.77. The minimum atomic E-state index is -3.77. The molecule has 210 valence electrons. The summed E-state index contributed by atoms with van der Waals surface area (Å²) in [6.07, 6.45) is 1.41. The Kier molecular flexibility index (Phi) is 9.48. The van der Waals surface area contributed by atoms with E-state index in [-0.39, 0.29) is 36.9 Å². The van der Waals surface area contributed by atoms with Crippen LogP contribution in [0.2, 0.25) is 0 Å². The van der Waals surface area contributed by atoms with Crippen molar-refractivity contribution in [2.45, 2.75) is 43.0 Å². The molecule has 5 rings (SSSR count). The van der Waals surface area contributed by atoms with Gasteiger partial charge in [0.25, 0.3) is 0 Å². The molecule has 3 N–H and O–H groups in total. The predicted octanol–water partition coefficient (Wildman–Crippen LogP) is 4.48. The minimum absolute atomic E-state index is 0.0146. The number of hydrogen-bond acceptors (Lipinski definition) is 8. The molecule has 0 aliphatic carbocycles. The zero-order chi connectivity index (χ0) is 28.0. The molecule has 0 radical (unpaired) electrons. The standard InChI is InChI=1S/C30H32N2O6S2/c33-15-16-39-20-26-17-27(23-10-8-22(19-34)9-11-23)38-30(37-26)25-12-6-21(7-13-25)18-32-40(35,36)28-5-1-3-24-4-2-14-31-29(24)28/h1-14,26-27,30,32-34H,15-20H2. The number of para-hydroxylation sites is 1. The number of aromatic nitrogens is 1. The Morgan fingerprint density at radius 2 is 1.62 bits per heavy atom. The molecule has 3 aromatic carbocycles. The van der Waals surface area contributed by atoms with Crippen LogP contribution in [0.25, 0.3) is 10.9 Å². The number of ether oxygens (including phenoxy) is 2. The van der Waals surface area contributed by atoms with Gasteiger partial charge >= 0.3 is 0 Å². The number of pyridine rings is 1. The van der Waals surface area contributed by atoms with Gasteiger partial charge < -0.3 is 19.7 Å². The quantitative estimate of drug-likeness (QED) is 0.222. The van der Waals surface area contributed by atoms with Gasteiger partial charge in [-0.2, -0.15) is 11.8 Å². The van der Waals surface area contributed by atoms with Crippen LogP contribution in [0.4, 0.5) is 0 Å². The van der Waals surface area contributed by atoms with Crippen molar-refractivity contribution in [2.75, 3.05) is 18.1 Å². The number of aliphatic hydroxyl groups is 2. The zero-order valence-corrected chi connectivity index (χ0v) is 23.5. The van der Waals surface area contributed by atoms with Gasteiger partial charge in [-0.15, -0.1) is 0 Å². The molecule has 4 aromatic rings. The SMILES string of the molecule is O=S(=O)(NCc1ccc(C2OC(CSCCO)CC(c3ccc(CO)cc3)O2)cc1)c1cccc2cccnc12. The van der Waals surface area contributed by atoms with Crippen LogP contribution in [0.15, 0.2) is 90.0 Å². The number of benzene rings is 3. The van der Waals surface area contributed by atoms with Gasteiger partial charge in [-0.3, -0.25) is 4.98 Å². The second kappa shape index (κ2) is 13.2. The summed E-state index contributed by atoms with van der Waals surface area (Å²) in [5, 5.41) is 19.3. The first kappa shape index (κ1) is 28.7. The van der Waals surface area contributed by atoms with Gasteiger partial charge in [-0.1, -0.05) is 66.7 Å². The van der Waals surface area contributed by atoms with Crippen molar-refractivity contribution in [3.05, 3.63) is 107 Å². The Labute approximate surface area is 238 Å². The number of fused-ring (bicyclic) bond motifs is 1. The fraction of sp³-hybridized carbons (Fsp3) is 0.300. The third-order valence-corrected chi connectivity index (χ3v) is 9.27. The van der Waals surface area contributed by atoms with E-state index < -0.39 is 16.3 Å². The van der Waals surface area contributed by atoms with Crippen molar-refractivity contribution in [1.29, 1.82) is 0 Å².